The molecule has 86 valence electrons. The van der Waals surface area contributed by atoms with Gasteiger partial charge in [0.1, 0.15) is 0 Å². The Hall–Kier alpha value is -1.09. The largest absolute Gasteiger partial charge is 0.348 e. The highest BCUT2D eigenvalue weighted by atomic mass is 32.1. The first-order valence-electron chi connectivity index (χ1n) is 5.82. The summed E-state index contributed by atoms with van der Waals surface area (Å²) in [7, 11) is 0. The Bertz CT molecular complexity index is 371. The van der Waals surface area contributed by atoms with Gasteiger partial charge in [0.15, 0.2) is 0 Å². The normalized spacial score (nSPS) is 15.0. The molecule has 0 fully saturated rings. The van der Waals surface area contributed by atoms with E-state index >= 15 is 0 Å². The molecular weight excluding hydrogens is 218 g/mol. The van der Waals surface area contributed by atoms with Gasteiger partial charge in [-0.2, -0.15) is 0 Å². The number of hydrogen-bond acceptors (Lipinski definition) is 2. The first kappa shape index (κ1) is 11.4. The van der Waals surface area contributed by atoms with Crippen molar-refractivity contribution in [2.24, 2.45) is 0 Å². The monoisotopic (exact) mass is 235 g/mol. The van der Waals surface area contributed by atoms with E-state index in [1.807, 2.05) is 0 Å². The van der Waals surface area contributed by atoms with Crippen LogP contribution in [0.25, 0.3) is 0 Å². The molecule has 1 aliphatic rings. The van der Waals surface area contributed by atoms with Crippen LogP contribution >= 0.6 is 11.3 Å². The molecule has 0 unspecified atom stereocenters. The molecule has 0 atom stereocenters. The number of amides is 1. The summed E-state index contributed by atoms with van der Waals surface area (Å²) in [5.41, 5.74) is 1.39. The van der Waals surface area contributed by atoms with Gasteiger partial charge < -0.3 is 5.32 Å². The van der Waals surface area contributed by atoms with Crippen molar-refractivity contribution in [2.45, 2.75) is 32.1 Å². The summed E-state index contributed by atoms with van der Waals surface area (Å²) in [6.07, 6.45) is 7.84. The maximum absolute atomic E-state index is 11.8. The highest BCUT2D eigenvalue weighted by Crippen LogP contribution is 2.28. The lowest BCUT2D eigenvalue weighted by Crippen LogP contribution is -2.22. The molecule has 0 saturated carbocycles. The fourth-order valence-electron chi connectivity index (χ4n) is 2.03. The van der Waals surface area contributed by atoms with Gasteiger partial charge in [-0.05, 0) is 37.3 Å². The zero-order chi connectivity index (χ0) is 11.4. The van der Waals surface area contributed by atoms with Crippen LogP contribution in [0.3, 0.4) is 0 Å². The standard InChI is InChI=1S/C13H17NOS/c1-2-8-14-13(15)12-9-10-6-4-3-5-7-11(10)16-12/h2,9H,1,3-8H2,(H,14,15). The second kappa shape index (κ2) is 5.30. The van der Waals surface area contributed by atoms with E-state index < -0.39 is 0 Å². The molecular formula is C13H17NOS. The van der Waals surface area contributed by atoms with Crippen molar-refractivity contribution in [1.29, 1.82) is 0 Å². The van der Waals surface area contributed by atoms with Gasteiger partial charge in [0.2, 0.25) is 0 Å². The fraction of sp³-hybridized carbons (Fsp3) is 0.462. The zero-order valence-electron chi connectivity index (χ0n) is 9.42. The maximum Gasteiger partial charge on any atom is 0.261 e. The molecule has 2 nitrogen and oxygen atoms in total. The number of carbonyl (C=O) groups excluding carboxylic acids is 1. The van der Waals surface area contributed by atoms with Gasteiger partial charge in [-0.3, -0.25) is 4.79 Å². The molecule has 3 heteroatoms. The van der Waals surface area contributed by atoms with E-state index in [2.05, 4.69) is 18.0 Å². The van der Waals surface area contributed by atoms with E-state index in [0.717, 1.165) is 17.7 Å². The maximum atomic E-state index is 11.8. The average molecular weight is 235 g/mol. The molecule has 0 spiro atoms. The minimum absolute atomic E-state index is 0.0398. The van der Waals surface area contributed by atoms with E-state index in [4.69, 9.17) is 0 Å². The van der Waals surface area contributed by atoms with Crippen LogP contribution in [-0.4, -0.2) is 12.5 Å². The van der Waals surface area contributed by atoms with Crippen molar-refractivity contribution < 1.29 is 4.79 Å². The molecule has 0 aliphatic heterocycles. The quantitative estimate of drug-likeness (QED) is 0.633. The molecule has 1 heterocycles. The Labute approximate surface area is 100 Å². The Balaban J connectivity index is 2.11. The van der Waals surface area contributed by atoms with E-state index in [9.17, 15) is 4.79 Å². The summed E-state index contributed by atoms with van der Waals surface area (Å²) in [6.45, 7) is 4.14. The SMILES string of the molecule is C=CCNC(=O)c1cc2c(s1)CCCCC2. The van der Waals surface area contributed by atoms with E-state index in [1.165, 1.54) is 29.7 Å². The smallest absolute Gasteiger partial charge is 0.261 e. The van der Waals surface area contributed by atoms with Crippen LogP contribution in [0.2, 0.25) is 0 Å². The van der Waals surface area contributed by atoms with Gasteiger partial charge in [0.25, 0.3) is 5.91 Å². The lowest BCUT2D eigenvalue weighted by Gasteiger charge is -1.98. The highest BCUT2D eigenvalue weighted by molar-refractivity contribution is 7.14. The number of hydrogen-bond donors (Lipinski definition) is 1. The number of fused-ring (bicyclic) bond motifs is 1. The molecule has 1 aliphatic carbocycles. The summed E-state index contributed by atoms with van der Waals surface area (Å²) in [6, 6.07) is 2.07. The Morgan fingerprint density at radius 1 is 1.44 bits per heavy atom. The van der Waals surface area contributed by atoms with Gasteiger partial charge >= 0.3 is 0 Å². The van der Waals surface area contributed by atoms with Crippen LogP contribution in [-0.2, 0) is 12.8 Å². The van der Waals surface area contributed by atoms with Gasteiger partial charge in [-0.25, -0.2) is 0 Å². The van der Waals surface area contributed by atoms with Gasteiger partial charge in [0, 0.05) is 11.4 Å². The van der Waals surface area contributed by atoms with Crippen LogP contribution in [0.5, 0.6) is 0 Å². The van der Waals surface area contributed by atoms with Crippen molar-refractivity contribution in [1.82, 2.24) is 5.32 Å². The van der Waals surface area contributed by atoms with Crippen molar-refractivity contribution in [3.8, 4) is 0 Å². The molecule has 1 aromatic heterocycles. The van der Waals surface area contributed by atoms with Gasteiger partial charge in [-0.15, -0.1) is 17.9 Å². The lowest BCUT2D eigenvalue weighted by molar-refractivity contribution is 0.0962. The second-order valence-electron chi connectivity index (χ2n) is 4.12. The summed E-state index contributed by atoms with van der Waals surface area (Å²) >= 11 is 1.66. The number of nitrogens with one attached hydrogen (secondary N) is 1. The average Bonchev–Trinajstić information content (AvgIpc) is 2.58. The second-order valence-corrected chi connectivity index (χ2v) is 5.26. The van der Waals surface area contributed by atoms with Crippen LogP contribution < -0.4 is 5.32 Å². The molecule has 1 aromatic rings. The third-order valence-corrected chi connectivity index (χ3v) is 4.11. The summed E-state index contributed by atoms with van der Waals surface area (Å²) in [4.78, 5) is 14.0. The van der Waals surface area contributed by atoms with E-state index in [0.29, 0.717) is 6.54 Å². The first-order valence-corrected chi connectivity index (χ1v) is 6.63. The summed E-state index contributed by atoms with van der Waals surface area (Å²) < 4.78 is 0. The van der Waals surface area contributed by atoms with Crippen molar-refractivity contribution in [3.05, 3.63) is 34.0 Å². The zero-order valence-corrected chi connectivity index (χ0v) is 10.2. The van der Waals surface area contributed by atoms with Crippen molar-refractivity contribution in [3.63, 3.8) is 0 Å². The Morgan fingerprint density at radius 2 is 2.25 bits per heavy atom. The third-order valence-electron chi connectivity index (χ3n) is 2.88. The molecule has 0 aromatic carbocycles. The molecule has 0 radical (unpaired) electrons. The number of thiophene rings is 1. The van der Waals surface area contributed by atoms with E-state index in [1.54, 1.807) is 17.4 Å². The molecule has 0 bridgehead atoms. The Morgan fingerprint density at radius 3 is 3.06 bits per heavy atom. The molecule has 1 N–H and O–H groups in total. The molecule has 2 rings (SSSR count). The van der Waals surface area contributed by atoms with E-state index in [-0.39, 0.29) is 5.91 Å². The van der Waals surface area contributed by atoms with Gasteiger partial charge in [-0.1, -0.05) is 12.5 Å². The summed E-state index contributed by atoms with van der Waals surface area (Å²) in [5, 5.41) is 2.83. The minimum atomic E-state index is 0.0398. The Kier molecular flexibility index (Phi) is 3.78. The number of aryl methyl sites for hydroxylation is 2. The number of rotatable bonds is 3. The van der Waals surface area contributed by atoms with Gasteiger partial charge in [0.05, 0.1) is 4.88 Å². The van der Waals surface area contributed by atoms with Crippen LogP contribution in [0.1, 0.15) is 39.4 Å². The minimum Gasteiger partial charge on any atom is -0.348 e. The molecule has 1 amide bonds. The first-order chi connectivity index (χ1) is 7.81. The van der Waals surface area contributed by atoms with Crippen LogP contribution in [0.4, 0.5) is 0 Å². The number of carbonyl (C=O) groups is 1. The van der Waals surface area contributed by atoms with Crippen molar-refractivity contribution >= 4 is 17.2 Å². The van der Waals surface area contributed by atoms with Crippen LogP contribution in [0.15, 0.2) is 18.7 Å². The lowest BCUT2D eigenvalue weighted by atomic mass is 10.1. The third kappa shape index (κ3) is 2.53. The topological polar surface area (TPSA) is 29.1 Å². The fourth-order valence-corrected chi connectivity index (χ4v) is 3.20. The highest BCUT2D eigenvalue weighted by Gasteiger charge is 2.15. The van der Waals surface area contributed by atoms with Crippen LogP contribution in [0, 0.1) is 0 Å². The molecule has 0 saturated heterocycles. The summed E-state index contributed by atoms with van der Waals surface area (Å²) in [5.74, 6) is 0.0398. The molecule has 16 heavy (non-hydrogen) atoms. The predicted octanol–water partition coefficient (Wildman–Crippen LogP) is 2.93. The van der Waals surface area contributed by atoms with Crippen molar-refractivity contribution in [2.75, 3.05) is 6.54 Å². The predicted molar refractivity (Wildman–Crippen MR) is 68.1 cm³/mol.